The van der Waals surface area contributed by atoms with Crippen LogP contribution in [-0.4, -0.2) is 15.0 Å². The number of hydrogen-bond acceptors (Lipinski definition) is 4. The largest absolute Gasteiger partial charge is 0.271 e. The van der Waals surface area contributed by atoms with Crippen molar-refractivity contribution in [2.45, 2.75) is 13.0 Å². The minimum Gasteiger partial charge on any atom is -0.271 e. The number of halogens is 1. The van der Waals surface area contributed by atoms with Crippen LogP contribution in [0.4, 0.5) is 0 Å². The lowest BCUT2D eigenvalue weighted by Gasteiger charge is -2.16. The van der Waals surface area contributed by atoms with E-state index in [1.165, 1.54) is 5.56 Å². The Morgan fingerprint density at radius 3 is 2.47 bits per heavy atom. The maximum Gasteiger partial charge on any atom is 0.153 e. The third kappa shape index (κ3) is 2.38. The number of rotatable bonds is 3. The second-order valence-corrected chi connectivity index (χ2v) is 4.65. The van der Waals surface area contributed by atoms with E-state index in [0.29, 0.717) is 4.60 Å². The monoisotopic (exact) mass is 295 g/mol. The molecule has 0 spiro atoms. The molecule has 0 saturated carbocycles. The van der Waals surface area contributed by atoms with Gasteiger partial charge >= 0.3 is 0 Å². The molecule has 0 fully saturated rings. The number of benzene rings is 1. The number of nitrogens with zero attached hydrogens (tertiary/aromatic N) is 3. The predicted molar refractivity (Wildman–Crippen MR) is 69.0 cm³/mol. The molecule has 17 heavy (non-hydrogen) atoms. The van der Waals surface area contributed by atoms with E-state index in [1.54, 1.807) is 4.68 Å². The topological polar surface area (TPSA) is 68.8 Å². The number of aryl methyl sites for hydroxylation is 2. The summed E-state index contributed by atoms with van der Waals surface area (Å²) in [5.41, 5.74) is 5.98. The van der Waals surface area contributed by atoms with Crippen LogP contribution < -0.4 is 11.3 Å². The second-order valence-electron chi connectivity index (χ2n) is 3.90. The zero-order chi connectivity index (χ0) is 12.4. The van der Waals surface area contributed by atoms with Gasteiger partial charge in [0.15, 0.2) is 4.60 Å². The highest BCUT2D eigenvalue weighted by atomic mass is 79.9. The molecule has 0 aliphatic heterocycles. The van der Waals surface area contributed by atoms with E-state index in [9.17, 15) is 0 Å². The summed E-state index contributed by atoms with van der Waals surface area (Å²) in [4.78, 5) is 0. The summed E-state index contributed by atoms with van der Waals surface area (Å²) in [6.07, 6.45) is 0. The summed E-state index contributed by atoms with van der Waals surface area (Å²) in [6.45, 7) is 2.05. The summed E-state index contributed by atoms with van der Waals surface area (Å²) < 4.78 is 2.40. The van der Waals surface area contributed by atoms with Crippen LogP contribution in [0.1, 0.15) is 22.9 Å². The van der Waals surface area contributed by atoms with Gasteiger partial charge in [0.25, 0.3) is 0 Å². The first-order chi connectivity index (χ1) is 8.13. The maximum atomic E-state index is 5.63. The van der Waals surface area contributed by atoms with Crippen LogP contribution in [0.25, 0.3) is 0 Å². The molecule has 0 bridgehead atoms. The van der Waals surface area contributed by atoms with Crippen molar-refractivity contribution in [1.29, 1.82) is 0 Å². The van der Waals surface area contributed by atoms with Crippen LogP contribution in [0.2, 0.25) is 0 Å². The molecule has 1 aromatic carbocycles. The molecule has 90 valence electrons. The Kier molecular flexibility index (Phi) is 3.56. The molecule has 5 nitrogen and oxygen atoms in total. The fourth-order valence-corrected chi connectivity index (χ4v) is 2.29. The van der Waals surface area contributed by atoms with Crippen LogP contribution in [0.3, 0.4) is 0 Å². The molecule has 1 heterocycles. The average molecular weight is 296 g/mol. The van der Waals surface area contributed by atoms with E-state index in [-0.39, 0.29) is 6.04 Å². The number of hydrogen-bond donors (Lipinski definition) is 2. The fourth-order valence-electron chi connectivity index (χ4n) is 1.74. The molecule has 6 heteroatoms. The highest BCUT2D eigenvalue weighted by Crippen LogP contribution is 2.26. The van der Waals surface area contributed by atoms with E-state index in [1.807, 2.05) is 19.2 Å². The normalized spacial score (nSPS) is 12.7. The summed E-state index contributed by atoms with van der Waals surface area (Å²) in [6, 6.07) is 8.05. The van der Waals surface area contributed by atoms with Crippen molar-refractivity contribution < 1.29 is 0 Å². The van der Waals surface area contributed by atoms with E-state index < -0.39 is 0 Å². The molecule has 1 atom stereocenters. The Hall–Kier alpha value is -1.24. The maximum absolute atomic E-state index is 5.63. The zero-order valence-electron chi connectivity index (χ0n) is 9.68. The minimum atomic E-state index is -0.134. The molecule has 3 N–H and O–H groups in total. The highest BCUT2D eigenvalue weighted by Gasteiger charge is 2.20. The Balaban J connectivity index is 2.43. The number of nitrogens with one attached hydrogen (secondary N) is 1. The number of aromatic nitrogens is 3. The van der Waals surface area contributed by atoms with Gasteiger partial charge in [-0.15, -0.1) is 5.10 Å². The lowest BCUT2D eigenvalue weighted by molar-refractivity contribution is 0.569. The van der Waals surface area contributed by atoms with Crippen molar-refractivity contribution in [3.05, 3.63) is 45.7 Å². The van der Waals surface area contributed by atoms with Gasteiger partial charge in [0.05, 0.1) is 11.7 Å². The summed E-state index contributed by atoms with van der Waals surface area (Å²) in [7, 11) is 1.84. The van der Waals surface area contributed by atoms with Gasteiger partial charge in [0.1, 0.15) is 0 Å². The first-order valence-electron chi connectivity index (χ1n) is 5.21. The van der Waals surface area contributed by atoms with Gasteiger partial charge in [0.2, 0.25) is 0 Å². The van der Waals surface area contributed by atoms with E-state index in [2.05, 4.69) is 50.7 Å². The lowest BCUT2D eigenvalue weighted by Crippen LogP contribution is -2.30. The molecule has 0 saturated heterocycles. The van der Waals surface area contributed by atoms with Crippen LogP contribution in [-0.2, 0) is 7.05 Å². The zero-order valence-corrected chi connectivity index (χ0v) is 11.3. The molecular weight excluding hydrogens is 282 g/mol. The van der Waals surface area contributed by atoms with Gasteiger partial charge in [-0.05, 0) is 28.4 Å². The van der Waals surface area contributed by atoms with Gasteiger partial charge in [-0.3, -0.25) is 5.84 Å². The van der Waals surface area contributed by atoms with Crippen LogP contribution in [0, 0.1) is 6.92 Å². The van der Waals surface area contributed by atoms with Crippen LogP contribution in [0.15, 0.2) is 28.9 Å². The van der Waals surface area contributed by atoms with Crippen molar-refractivity contribution in [2.24, 2.45) is 12.9 Å². The molecule has 1 aromatic heterocycles. The molecule has 0 radical (unpaired) electrons. The van der Waals surface area contributed by atoms with Gasteiger partial charge in [0, 0.05) is 7.05 Å². The van der Waals surface area contributed by atoms with Gasteiger partial charge in [-0.1, -0.05) is 35.0 Å². The molecule has 2 rings (SSSR count). The SMILES string of the molecule is Cc1ccc(C(NN)c2c(Br)nnn2C)cc1. The average Bonchev–Trinajstić information content (AvgIpc) is 2.64. The number of nitrogens with two attached hydrogens (primary N) is 1. The Bertz CT molecular complexity index is 486. The smallest absolute Gasteiger partial charge is 0.153 e. The van der Waals surface area contributed by atoms with Crippen molar-refractivity contribution in [1.82, 2.24) is 20.4 Å². The number of hydrazine groups is 1. The van der Waals surface area contributed by atoms with Crippen molar-refractivity contribution in [3.63, 3.8) is 0 Å². The Morgan fingerprint density at radius 2 is 2.00 bits per heavy atom. The quantitative estimate of drug-likeness (QED) is 0.664. The van der Waals surface area contributed by atoms with E-state index >= 15 is 0 Å². The molecule has 0 amide bonds. The van der Waals surface area contributed by atoms with E-state index in [0.717, 1.165) is 11.3 Å². The van der Waals surface area contributed by atoms with Crippen LogP contribution in [0.5, 0.6) is 0 Å². The van der Waals surface area contributed by atoms with E-state index in [4.69, 9.17) is 5.84 Å². The molecule has 1 unspecified atom stereocenters. The second kappa shape index (κ2) is 4.95. The summed E-state index contributed by atoms with van der Waals surface area (Å²) in [5, 5.41) is 7.91. The first kappa shape index (κ1) is 12.2. The van der Waals surface area contributed by atoms with Gasteiger partial charge in [-0.2, -0.15) is 0 Å². The molecule has 0 aliphatic rings. The minimum absolute atomic E-state index is 0.134. The first-order valence-corrected chi connectivity index (χ1v) is 6.00. The van der Waals surface area contributed by atoms with Crippen molar-refractivity contribution in [3.8, 4) is 0 Å². The summed E-state index contributed by atoms with van der Waals surface area (Å²) >= 11 is 3.38. The highest BCUT2D eigenvalue weighted by molar-refractivity contribution is 9.10. The molecular formula is C11H14BrN5. The van der Waals surface area contributed by atoms with Crippen molar-refractivity contribution >= 4 is 15.9 Å². The van der Waals surface area contributed by atoms with Gasteiger partial charge < -0.3 is 0 Å². The Morgan fingerprint density at radius 1 is 1.35 bits per heavy atom. The van der Waals surface area contributed by atoms with Crippen molar-refractivity contribution in [2.75, 3.05) is 0 Å². The Labute approximate surface area is 108 Å². The fraction of sp³-hybridized carbons (Fsp3) is 0.273. The van der Waals surface area contributed by atoms with Crippen LogP contribution >= 0.6 is 15.9 Å². The third-order valence-electron chi connectivity index (χ3n) is 2.68. The van der Waals surface area contributed by atoms with Gasteiger partial charge in [-0.25, -0.2) is 10.1 Å². The standard InChI is InChI=1S/C11H14BrN5/c1-7-3-5-8(6-4-7)9(14-13)10-11(12)15-16-17(10)2/h3-6,9,14H,13H2,1-2H3. The predicted octanol–water partition coefficient (Wildman–Crippen LogP) is 1.44. The third-order valence-corrected chi connectivity index (χ3v) is 3.24. The molecule has 0 aliphatic carbocycles. The lowest BCUT2D eigenvalue weighted by atomic mass is 10.0. The summed E-state index contributed by atoms with van der Waals surface area (Å²) in [5.74, 6) is 5.63. The molecule has 2 aromatic rings.